The van der Waals surface area contributed by atoms with Gasteiger partial charge in [0.1, 0.15) is 12.5 Å². The Balaban J connectivity index is 3.07. The van der Waals surface area contributed by atoms with Gasteiger partial charge in [0, 0.05) is 5.56 Å². The molecule has 0 unspecified atom stereocenters. The normalized spacial score (nSPS) is 8.53. The van der Waals surface area contributed by atoms with E-state index >= 15 is 0 Å². The molecule has 0 saturated heterocycles. The predicted molar refractivity (Wildman–Crippen MR) is 55.0 cm³/mol. The summed E-state index contributed by atoms with van der Waals surface area (Å²) in [5.74, 6) is 4.26. The molecular formula is C12H9NO2. The molecule has 0 heterocycles. The van der Waals surface area contributed by atoms with Crippen molar-refractivity contribution in [2.75, 3.05) is 0 Å². The number of hydrogen-bond donors (Lipinski definition) is 1. The summed E-state index contributed by atoms with van der Waals surface area (Å²) in [6, 6.07) is 7.30. The topological polar surface area (TPSA) is 61.1 Å². The summed E-state index contributed by atoms with van der Waals surface area (Å²) in [7, 11) is 0. The quantitative estimate of drug-likeness (QED) is 0.700. The van der Waals surface area contributed by atoms with Gasteiger partial charge >= 0.3 is 5.97 Å². The molecule has 1 rings (SSSR count). The summed E-state index contributed by atoms with van der Waals surface area (Å²) >= 11 is 0. The first-order valence-electron chi connectivity index (χ1n) is 4.35. The van der Waals surface area contributed by atoms with Crippen LogP contribution in [0, 0.1) is 30.1 Å². The molecule has 1 N–H and O–H groups in total. The highest BCUT2D eigenvalue weighted by Crippen LogP contribution is 2.11. The van der Waals surface area contributed by atoms with Crippen molar-refractivity contribution < 1.29 is 9.90 Å². The zero-order chi connectivity index (χ0) is 11.3. The summed E-state index contributed by atoms with van der Waals surface area (Å²) in [4.78, 5) is 10.3. The molecule has 0 bridgehead atoms. The van der Waals surface area contributed by atoms with Crippen molar-refractivity contribution >= 4 is 5.97 Å². The first kappa shape index (κ1) is 10.8. The van der Waals surface area contributed by atoms with Crippen LogP contribution in [-0.2, 0) is 4.79 Å². The second kappa shape index (κ2) is 4.83. The minimum Gasteiger partial charge on any atom is -0.481 e. The molecule has 3 nitrogen and oxygen atoms in total. The van der Waals surface area contributed by atoms with Gasteiger partial charge in [-0.1, -0.05) is 24.0 Å². The first-order chi connectivity index (χ1) is 7.15. The molecule has 0 amide bonds. The number of nitriles is 1. The summed E-state index contributed by atoms with van der Waals surface area (Å²) in [5.41, 5.74) is 1.97. The van der Waals surface area contributed by atoms with Crippen molar-refractivity contribution in [1.29, 1.82) is 5.26 Å². The zero-order valence-electron chi connectivity index (χ0n) is 8.24. The molecule has 0 spiro atoms. The van der Waals surface area contributed by atoms with Gasteiger partial charge in [0.05, 0.1) is 5.56 Å². The molecule has 1 aromatic carbocycles. The summed E-state index contributed by atoms with van der Waals surface area (Å²) in [6.07, 6.45) is -0.209. The second-order valence-electron chi connectivity index (χ2n) is 2.98. The van der Waals surface area contributed by atoms with Crippen LogP contribution in [0.25, 0.3) is 0 Å². The summed E-state index contributed by atoms with van der Waals surface area (Å²) in [5, 5.41) is 17.2. The number of benzene rings is 1. The fourth-order valence-electron chi connectivity index (χ4n) is 1.14. The van der Waals surface area contributed by atoms with Crippen molar-refractivity contribution in [3.63, 3.8) is 0 Å². The van der Waals surface area contributed by atoms with Crippen molar-refractivity contribution in [3.05, 3.63) is 34.9 Å². The Hall–Kier alpha value is -2.26. The summed E-state index contributed by atoms with van der Waals surface area (Å²) < 4.78 is 0. The Kier molecular flexibility index (Phi) is 3.49. The van der Waals surface area contributed by atoms with E-state index in [1.807, 2.05) is 19.1 Å². The molecule has 1 aromatic rings. The molecule has 0 radical (unpaired) electrons. The minimum absolute atomic E-state index is 0.209. The average Bonchev–Trinajstić information content (AvgIpc) is 2.20. The van der Waals surface area contributed by atoms with Crippen LogP contribution in [0.5, 0.6) is 0 Å². The molecule has 0 aliphatic heterocycles. The molecule has 3 heteroatoms. The number of nitrogens with zero attached hydrogens (tertiary/aromatic N) is 1. The van der Waals surface area contributed by atoms with Crippen molar-refractivity contribution in [3.8, 4) is 17.9 Å². The first-order valence-corrected chi connectivity index (χ1v) is 4.35. The third kappa shape index (κ3) is 2.86. The van der Waals surface area contributed by atoms with Gasteiger partial charge in [-0.15, -0.1) is 0 Å². The fourth-order valence-corrected chi connectivity index (χ4v) is 1.14. The third-order valence-electron chi connectivity index (χ3n) is 1.85. The number of aliphatic carboxylic acids is 1. The average molecular weight is 199 g/mol. The monoisotopic (exact) mass is 199 g/mol. The van der Waals surface area contributed by atoms with E-state index in [0.29, 0.717) is 11.1 Å². The smallest absolute Gasteiger partial charge is 0.315 e. The van der Waals surface area contributed by atoms with E-state index in [9.17, 15) is 4.79 Å². The van der Waals surface area contributed by atoms with Gasteiger partial charge in [0.2, 0.25) is 0 Å². The second-order valence-corrected chi connectivity index (χ2v) is 2.98. The Morgan fingerprint density at radius 2 is 2.27 bits per heavy atom. The van der Waals surface area contributed by atoms with Crippen molar-refractivity contribution in [2.45, 2.75) is 13.3 Å². The molecule has 0 aliphatic rings. The van der Waals surface area contributed by atoms with E-state index in [-0.39, 0.29) is 6.42 Å². The van der Waals surface area contributed by atoms with Crippen LogP contribution in [-0.4, -0.2) is 11.1 Å². The molecule has 0 saturated carbocycles. The molecule has 0 fully saturated rings. The Morgan fingerprint density at radius 3 is 2.87 bits per heavy atom. The number of rotatable bonds is 1. The number of carboxylic acids is 1. The van der Waals surface area contributed by atoms with Crippen LogP contribution in [0.2, 0.25) is 0 Å². The van der Waals surface area contributed by atoms with Crippen LogP contribution in [0.1, 0.15) is 23.1 Å². The van der Waals surface area contributed by atoms with Crippen molar-refractivity contribution in [2.24, 2.45) is 0 Å². The van der Waals surface area contributed by atoms with E-state index in [4.69, 9.17) is 10.4 Å². The standard InChI is InChI=1S/C12H9NO2/c1-9-4-2-5-10(8-13)11(9)6-3-7-12(14)15/h2,4-5H,7H2,1H3,(H,14,15). The largest absolute Gasteiger partial charge is 0.481 e. The van der Waals surface area contributed by atoms with E-state index in [0.717, 1.165) is 5.56 Å². The van der Waals surface area contributed by atoms with Gasteiger partial charge in [0.25, 0.3) is 0 Å². The summed E-state index contributed by atoms with van der Waals surface area (Å²) in [6.45, 7) is 1.84. The lowest BCUT2D eigenvalue weighted by Gasteiger charge is -1.98. The fraction of sp³-hybridized carbons (Fsp3) is 0.167. The van der Waals surface area contributed by atoms with Crippen LogP contribution < -0.4 is 0 Å². The Morgan fingerprint density at radius 1 is 1.53 bits per heavy atom. The van der Waals surface area contributed by atoms with Crippen LogP contribution in [0.3, 0.4) is 0 Å². The molecule has 15 heavy (non-hydrogen) atoms. The lowest BCUT2D eigenvalue weighted by molar-refractivity contribution is -0.135. The lowest BCUT2D eigenvalue weighted by Crippen LogP contribution is -1.92. The van der Waals surface area contributed by atoms with E-state index in [2.05, 4.69) is 11.8 Å². The number of carboxylic acid groups (broad SMARTS) is 1. The van der Waals surface area contributed by atoms with E-state index in [1.165, 1.54) is 0 Å². The maximum atomic E-state index is 10.3. The van der Waals surface area contributed by atoms with Gasteiger partial charge in [-0.05, 0) is 18.6 Å². The van der Waals surface area contributed by atoms with Crippen LogP contribution in [0.15, 0.2) is 18.2 Å². The zero-order valence-corrected chi connectivity index (χ0v) is 8.24. The van der Waals surface area contributed by atoms with Gasteiger partial charge in [-0.2, -0.15) is 5.26 Å². The van der Waals surface area contributed by atoms with E-state index < -0.39 is 5.97 Å². The van der Waals surface area contributed by atoms with E-state index in [1.54, 1.807) is 12.1 Å². The highest BCUT2D eigenvalue weighted by atomic mass is 16.4. The maximum Gasteiger partial charge on any atom is 0.315 e. The van der Waals surface area contributed by atoms with Gasteiger partial charge in [-0.3, -0.25) is 4.79 Å². The van der Waals surface area contributed by atoms with Crippen molar-refractivity contribution in [1.82, 2.24) is 0 Å². The molecule has 0 aromatic heterocycles. The van der Waals surface area contributed by atoms with Crippen LogP contribution in [0.4, 0.5) is 0 Å². The third-order valence-corrected chi connectivity index (χ3v) is 1.85. The predicted octanol–water partition coefficient (Wildman–Crippen LogP) is 1.69. The Bertz CT molecular complexity index is 487. The Labute approximate surface area is 88.0 Å². The molecule has 74 valence electrons. The molecule has 0 atom stereocenters. The lowest BCUT2D eigenvalue weighted by atomic mass is 10.0. The highest BCUT2D eigenvalue weighted by Gasteiger charge is 2.01. The van der Waals surface area contributed by atoms with Crippen LogP contribution >= 0.6 is 0 Å². The minimum atomic E-state index is -0.963. The van der Waals surface area contributed by atoms with Gasteiger partial charge < -0.3 is 5.11 Å². The van der Waals surface area contributed by atoms with Gasteiger partial charge in [0.15, 0.2) is 0 Å². The highest BCUT2D eigenvalue weighted by molar-refractivity contribution is 5.70. The number of carbonyl (C=O) groups is 1. The maximum absolute atomic E-state index is 10.3. The molecular weight excluding hydrogens is 190 g/mol. The number of hydrogen-bond acceptors (Lipinski definition) is 2. The molecule has 0 aliphatic carbocycles. The SMILES string of the molecule is Cc1cccc(C#N)c1C#CCC(=O)O. The van der Waals surface area contributed by atoms with Gasteiger partial charge in [-0.25, -0.2) is 0 Å². The number of aryl methyl sites for hydroxylation is 1.